The Hall–Kier alpha value is -2.12. The molecule has 0 radical (unpaired) electrons. The summed E-state index contributed by atoms with van der Waals surface area (Å²) < 4.78 is 0. The van der Waals surface area contributed by atoms with Crippen molar-refractivity contribution >= 4 is 16.6 Å². The molecule has 4 nitrogen and oxygen atoms in total. The second-order valence-corrected chi connectivity index (χ2v) is 5.95. The van der Waals surface area contributed by atoms with Gasteiger partial charge in [0.2, 0.25) is 0 Å². The topological polar surface area (TPSA) is 52.0 Å². The maximum Gasteiger partial charge on any atom is 0.103 e. The lowest BCUT2D eigenvalue weighted by molar-refractivity contribution is 0.305. The first-order valence-corrected chi connectivity index (χ1v) is 7.38. The smallest absolute Gasteiger partial charge is 0.103 e. The number of aromatic nitrogens is 1. The van der Waals surface area contributed by atoms with E-state index in [-0.39, 0.29) is 5.54 Å². The molecule has 1 aromatic carbocycles. The fraction of sp³-hybridized carbons (Fsp3) is 0.412. The fourth-order valence-corrected chi connectivity index (χ4v) is 3.02. The first kappa shape index (κ1) is 13.8. The van der Waals surface area contributed by atoms with Crippen LogP contribution in [0.5, 0.6) is 0 Å². The van der Waals surface area contributed by atoms with E-state index in [2.05, 4.69) is 34.3 Å². The summed E-state index contributed by atoms with van der Waals surface area (Å²) in [7, 11) is 2.03. The van der Waals surface area contributed by atoms with Crippen LogP contribution in [-0.4, -0.2) is 30.7 Å². The highest BCUT2D eigenvalue weighted by molar-refractivity contribution is 5.94. The minimum atomic E-state index is 0.201. The molecule has 0 unspecified atom stereocenters. The fourth-order valence-electron chi connectivity index (χ4n) is 3.02. The number of hydrogen-bond donors (Lipinski definition) is 1. The van der Waals surface area contributed by atoms with Crippen molar-refractivity contribution < 1.29 is 0 Å². The number of pyridine rings is 1. The van der Waals surface area contributed by atoms with Crippen molar-refractivity contribution in [3.8, 4) is 6.07 Å². The van der Waals surface area contributed by atoms with E-state index in [9.17, 15) is 5.26 Å². The second kappa shape index (κ2) is 5.34. The summed E-state index contributed by atoms with van der Waals surface area (Å²) in [5.74, 6) is 0. The predicted molar refractivity (Wildman–Crippen MR) is 85.4 cm³/mol. The minimum absolute atomic E-state index is 0.201. The van der Waals surface area contributed by atoms with Crippen LogP contribution in [0.3, 0.4) is 0 Å². The van der Waals surface area contributed by atoms with Crippen molar-refractivity contribution in [1.29, 1.82) is 5.26 Å². The Balaban J connectivity index is 2.02. The average Bonchev–Trinajstić information content (AvgIpc) is 2.55. The zero-order valence-electron chi connectivity index (χ0n) is 12.6. The van der Waals surface area contributed by atoms with E-state index in [0.29, 0.717) is 5.56 Å². The number of benzene rings is 1. The Bertz CT molecular complexity index is 693. The number of nitriles is 1. The summed E-state index contributed by atoms with van der Waals surface area (Å²) in [6.45, 7) is 4.18. The van der Waals surface area contributed by atoms with E-state index in [4.69, 9.17) is 0 Å². The van der Waals surface area contributed by atoms with Crippen LogP contribution in [0.15, 0.2) is 30.5 Å². The monoisotopic (exact) mass is 280 g/mol. The van der Waals surface area contributed by atoms with Gasteiger partial charge >= 0.3 is 0 Å². The van der Waals surface area contributed by atoms with Crippen LogP contribution in [0.2, 0.25) is 0 Å². The maximum absolute atomic E-state index is 9.43. The van der Waals surface area contributed by atoms with E-state index in [1.807, 2.05) is 25.2 Å². The molecule has 1 aliphatic heterocycles. The number of nitrogens with one attached hydrogen (secondary N) is 1. The maximum atomic E-state index is 9.43. The van der Waals surface area contributed by atoms with Crippen molar-refractivity contribution in [2.45, 2.75) is 25.3 Å². The molecule has 0 saturated carbocycles. The Morgan fingerprint density at radius 1 is 1.29 bits per heavy atom. The molecule has 0 aliphatic carbocycles. The zero-order valence-corrected chi connectivity index (χ0v) is 12.6. The van der Waals surface area contributed by atoms with Gasteiger partial charge in [0, 0.05) is 30.2 Å². The number of fused-ring (bicyclic) bond motifs is 1. The lowest BCUT2D eigenvalue weighted by Crippen LogP contribution is -2.50. The molecule has 108 valence electrons. The normalized spacial score (nSPS) is 17.7. The van der Waals surface area contributed by atoms with Crippen LogP contribution >= 0.6 is 0 Å². The van der Waals surface area contributed by atoms with Crippen LogP contribution in [0.1, 0.15) is 25.3 Å². The van der Waals surface area contributed by atoms with E-state index in [1.165, 1.54) is 0 Å². The molecule has 3 rings (SSSR count). The molecule has 0 atom stereocenters. The number of nitrogens with zero attached hydrogens (tertiary/aromatic N) is 3. The number of hydrogen-bond acceptors (Lipinski definition) is 4. The molecular weight excluding hydrogens is 260 g/mol. The number of piperidine rings is 1. The van der Waals surface area contributed by atoms with Gasteiger partial charge in [-0.25, -0.2) is 0 Å². The van der Waals surface area contributed by atoms with E-state index >= 15 is 0 Å². The number of anilines is 1. The molecular formula is C17H20N4. The summed E-state index contributed by atoms with van der Waals surface area (Å²) in [4.78, 5) is 6.73. The molecule has 0 amide bonds. The van der Waals surface area contributed by atoms with Crippen molar-refractivity contribution in [2.24, 2.45) is 0 Å². The van der Waals surface area contributed by atoms with Gasteiger partial charge in [-0.05, 0) is 32.9 Å². The van der Waals surface area contributed by atoms with Crippen LogP contribution in [-0.2, 0) is 0 Å². The minimum Gasteiger partial charge on any atom is -0.370 e. The van der Waals surface area contributed by atoms with E-state index < -0.39 is 0 Å². The standard InChI is InChI=1S/C17H20N4/c1-17(19-2)7-9-21(10-8-17)16-13(11-18)12-20-15-6-4-3-5-14(15)16/h3-6,12,19H,7-10H2,1-2H3. The second-order valence-electron chi connectivity index (χ2n) is 5.95. The average molecular weight is 280 g/mol. The Morgan fingerprint density at radius 3 is 2.67 bits per heavy atom. The van der Waals surface area contributed by atoms with Gasteiger partial charge in [0.15, 0.2) is 0 Å². The van der Waals surface area contributed by atoms with Crippen LogP contribution in [0, 0.1) is 11.3 Å². The molecule has 2 aromatic rings. The first-order valence-electron chi connectivity index (χ1n) is 7.38. The van der Waals surface area contributed by atoms with Gasteiger partial charge in [0.1, 0.15) is 6.07 Å². The SMILES string of the molecule is CNC1(C)CCN(c2c(C#N)cnc3ccccc23)CC1. The van der Waals surface area contributed by atoms with Gasteiger partial charge in [-0.2, -0.15) is 5.26 Å². The summed E-state index contributed by atoms with van der Waals surface area (Å²) in [5, 5.41) is 13.9. The molecule has 1 fully saturated rings. The van der Waals surface area contributed by atoms with Gasteiger partial charge < -0.3 is 10.2 Å². The highest BCUT2D eigenvalue weighted by atomic mass is 15.2. The summed E-state index contributed by atoms with van der Waals surface area (Å²) >= 11 is 0. The summed E-state index contributed by atoms with van der Waals surface area (Å²) in [5.41, 5.74) is 2.86. The van der Waals surface area contributed by atoms with E-state index in [0.717, 1.165) is 42.5 Å². The molecule has 0 bridgehead atoms. The van der Waals surface area contributed by atoms with Gasteiger partial charge in [0.05, 0.1) is 16.8 Å². The van der Waals surface area contributed by atoms with Gasteiger partial charge in [-0.1, -0.05) is 18.2 Å². The van der Waals surface area contributed by atoms with Crippen LogP contribution in [0.25, 0.3) is 10.9 Å². The third kappa shape index (κ3) is 2.45. The predicted octanol–water partition coefficient (Wildman–Crippen LogP) is 2.68. The van der Waals surface area contributed by atoms with Crippen LogP contribution in [0.4, 0.5) is 5.69 Å². The first-order chi connectivity index (χ1) is 10.2. The molecule has 0 spiro atoms. The highest BCUT2D eigenvalue weighted by Gasteiger charge is 2.29. The molecule has 4 heteroatoms. The lowest BCUT2D eigenvalue weighted by atomic mass is 9.89. The molecule has 2 heterocycles. The molecule has 1 saturated heterocycles. The number of para-hydroxylation sites is 1. The quantitative estimate of drug-likeness (QED) is 0.919. The van der Waals surface area contributed by atoms with Crippen molar-refractivity contribution in [1.82, 2.24) is 10.3 Å². The molecule has 1 aromatic heterocycles. The van der Waals surface area contributed by atoms with E-state index in [1.54, 1.807) is 6.20 Å². The summed E-state index contributed by atoms with van der Waals surface area (Å²) in [6, 6.07) is 10.4. The third-order valence-electron chi connectivity index (χ3n) is 4.65. The number of rotatable bonds is 2. The lowest BCUT2D eigenvalue weighted by Gasteiger charge is -2.40. The highest BCUT2D eigenvalue weighted by Crippen LogP contribution is 2.33. The van der Waals surface area contributed by atoms with Crippen molar-refractivity contribution in [3.63, 3.8) is 0 Å². The summed E-state index contributed by atoms with van der Waals surface area (Å²) in [6.07, 6.45) is 3.85. The Labute approximate surface area is 125 Å². The molecule has 1 N–H and O–H groups in total. The molecule has 21 heavy (non-hydrogen) atoms. The molecule has 1 aliphatic rings. The van der Waals surface area contributed by atoms with Crippen molar-refractivity contribution in [2.75, 3.05) is 25.0 Å². The largest absolute Gasteiger partial charge is 0.370 e. The van der Waals surface area contributed by atoms with Gasteiger partial charge in [-0.15, -0.1) is 0 Å². The Kier molecular flexibility index (Phi) is 3.52. The zero-order chi connectivity index (χ0) is 14.9. The van der Waals surface area contributed by atoms with Gasteiger partial charge in [0.25, 0.3) is 0 Å². The van der Waals surface area contributed by atoms with Crippen LogP contribution < -0.4 is 10.2 Å². The Morgan fingerprint density at radius 2 is 2.00 bits per heavy atom. The van der Waals surface area contributed by atoms with Gasteiger partial charge in [-0.3, -0.25) is 4.98 Å². The third-order valence-corrected chi connectivity index (χ3v) is 4.65. The van der Waals surface area contributed by atoms with Crippen molar-refractivity contribution in [3.05, 3.63) is 36.0 Å².